The first-order valence-corrected chi connectivity index (χ1v) is 8.01. The number of piperazine rings is 1. The zero-order valence-electron chi connectivity index (χ0n) is 12.5. The Bertz CT molecular complexity index is 420. The molecule has 3 atom stereocenters. The molecule has 0 radical (unpaired) electrons. The molecule has 20 heavy (non-hydrogen) atoms. The lowest BCUT2D eigenvalue weighted by Crippen LogP contribution is -2.59. The fourth-order valence-corrected chi connectivity index (χ4v) is 3.94. The minimum Gasteiger partial charge on any atom is -0.329 e. The number of hydrogen-bond acceptors (Lipinski definition) is 3. The highest BCUT2D eigenvalue weighted by molar-refractivity contribution is 5.16. The van der Waals surface area contributed by atoms with E-state index in [0.717, 1.165) is 19.0 Å². The summed E-state index contributed by atoms with van der Waals surface area (Å²) < 4.78 is 0. The molecule has 3 heteroatoms. The maximum Gasteiger partial charge on any atom is 0.0262 e. The van der Waals surface area contributed by atoms with E-state index in [1.54, 1.807) is 0 Å². The number of benzene rings is 1. The van der Waals surface area contributed by atoms with E-state index in [1.165, 1.54) is 38.0 Å². The molecule has 3 unspecified atom stereocenters. The first-order valence-electron chi connectivity index (χ1n) is 8.01. The summed E-state index contributed by atoms with van der Waals surface area (Å²) in [4.78, 5) is 5.34. The average molecular weight is 273 g/mol. The van der Waals surface area contributed by atoms with Crippen LogP contribution in [0.2, 0.25) is 0 Å². The molecule has 0 spiro atoms. The van der Waals surface area contributed by atoms with Crippen molar-refractivity contribution in [1.29, 1.82) is 0 Å². The Kier molecular flexibility index (Phi) is 4.39. The normalized spacial score (nSPS) is 29.3. The van der Waals surface area contributed by atoms with Crippen molar-refractivity contribution in [2.45, 2.75) is 44.3 Å². The van der Waals surface area contributed by atoms with E-state index < -0.39 is 0 Å². The lowest BCUT2D eigenvalue weighted by atomic mass is 9.99. The summed E-state index contributed by atoms with van der Waals surface area (Å²) in [5.74, 6) is 0. The number of fused-ring (bicyclic) bond motifs is 1. The predicted molar refractivity (Wildman–Crippen MR) is 83.8 cm³/mol. The molecule has 1 aromatic rings. The molecular formula is C17H27N3. The lowest BCUT2D eigenvalue weighted by Gasteiger charge is -2.46. The Morgan fingerprint density at radius 2 is 2.05 bits per heavy atom. The van der Waals surface area contributed by atoms with E-state index in [-0.39, 0.29) is 0 Å². The standard InChI is InChI=1S/C17H27N3/c1-14-12-19-9-5-8-16(19)13-20(14)17(11-18)10-15-6-3-2-4-7-15/h2-4,6-7,14,16-17H,5,8-13,18H2,1H3. The molecule has 3 rings (SSSR count). The molecule has 3 nitrogen and oxygen atoms in total. The minimum atomic E-state index is 0.482. The van der Waals surface area contributed by atoms with Gasteiger partial charge in [0.15, 0.2) is 0 Å². The van der Waals surface area contributed by atoms with Gasteiger partial charge < -0.3 is 5.73 Å². The zero-order chi connectivity index (χ0) is 13.9. The van der Waals surface area contributed by atoms with Gasteiger partial charge in [0.25, 0.3) is 0 Å². The number of rotatable bonds is 4. The highest BCUT2D eigenvalue weighted by Crippen LogP contribution is 2.26. The molecule has 0 aliphatic carbocycles. The minimum absolute atomic E-state index is 0.482. The third-order valence-electron chi connectivity index (χ3n) is 5.04. The third kappa shape index (κ3) is 2.90. The molecule has 0 bridgehead atoms. The Labute approximate surface area is 122 Å². The van der Waals surface area contributed by atoms with Crippen LogP contribution in [0.15, 0.2) is 30.3 Å². The predicted octanol–water partition coefficient (Wildman–Crippen LogP) is 1.72. The summed E-state index contributed by atoms with van der Waals surface area (Å²) in [6.45, 7) is 6.84. The summed E-state index contributed by atoms with van der Waals surface area (Å²) in [6, 6.07) is 12.7. The highest BCUT2D eigenvalue weighted by atomic mass is 15.3. The monoisotopic (exact) mass is 273 g/mol. The number of nitrogens with two attached hydrogens (primary N) is 1. The van der Waals surface area contributed by atoms with Crippen molar-refractivity contribution in [1.82, 2.24) is 9.80 Å². The van der Waals surface area contributed by atoms with Crippen LogP contribution in [0.1, 0.15) is 25.3 Å². The van der Waals surface area contributed by atoms with Crippen molar-refractivity contribution in [3.63, 3.8) is 0 Å². The van der Waals surface area contributed by atoms with Gasteiger partial charge in [0.05, 0.1) is 0 Å². The van der Waals surface area contributed by atoms with Crippen LogP contribution in [0.4, 0.5) is 0 Å². The van der Waals surface area contributed by atoms with Gasteiger partial charge in [0.2, 0.25) is 0 Å². The summed E-state index contributed by atoms with van der Waals surface area (Å²) in [5, 5.41) is 0. The van der Waals surface area contributed by atoms with Gasteiger partial charge in [-0.25, -0.2) is 0 Å². The van der Waals surface area contributed by atoms with Crippen molar-refractivity contribution in [3.05, 3.63) is 35.9 Å². The fourth-order valence-electron chi connectivity index (χ4n) is 3.94. The molecule has 0 amide bonds. The SMILES string of the molecule is CC1CN2CCCC2CN1C(CN)Cc1ccccc1. The van der Waals surface area contributed by atoms with Crippen LogP contribution < -0.4 is 5.73 Å². The van der Waals surface area contributed by atoms with Gasteiger partial charge in [0, 0.05) is 37.8 Å². The van der Waals surface area contributed by atoms with Crippen molar-refractivity contribution < 1.29 is 0 Å². The van der Waals surface area contributed by atoms with E-state index in [9.17, 15) is 0 Å². The highest BCUT2D eigenvalue weighted by Gasteiger charge is 2.36. The van der Waals surface area contributed by atoms with Gasteiger partial charge in [0.1, 0.15) is 0 Å². The first-order chi connectivity index (χ1) is 9.78. The largest absolute Gasteiger partial charge is 0.329 e. The number of hydrogen-bond donors (Lipinski definition) is 1. The van der Waals surface area contributed by atoms with Crippen LogP contribution in [-0.2, 0) is 6.42 Å². The maximum absolute atomic E-state index is 6.10. The third-order valence-corrected chi connectivity index (χ3v) is 5.04. The molecule has 1 aromatic carbocycles. The smallest absolute Gasteiger partial charge is 0.0262 e. The Hall–Kier alpha value is -0.900. The molecule has 2 fully saturated rings. The average Bonchev–Trinajstić information content (AvgIpc) is 2.92. The van der Waals surface area contributed by atoms with Crippen LogP contribution in [-0.4, -0.2) is 54.1 Å². The lowest BCUT2D eigenvalue weighted by molar-refractivity contribution is 0.0303. The molecule has 2 heterocycles. The van der Waals surface area contributed by atoms with Crippen molar-refractivity contribution in [2.75, 3.05) is 26.2 Å². The van der Waals surface area contributed by atoms with Crippen LogP contribution in [0.25, 0.3) is 0 Å². The van der Waals surface area contributed by atoms with Crippen molar-refractivity contribution in [2.24, 2.45) is 5.73 Å². The molecule has 0 saturated carbocycles. The molecule has 2 aliphatic heterocycles. The van der Waals surface area contributed by atoms with Gasteiger partial charge in [-0.1, -0.05) is 30.3 Å². The van der Waals surface area contributed by atoms with E-state index in [4.69, 9.17) is 5.73 Å². The summed E-state index contributed by atoms with van der Waals surface area (Å²) in [7, 11) is 0. The second-order valence-corrected chi connectivity index (χ2v) is 6.42. The fraction of sp³-hybridized carbons (Fsp3) is 0.647. The summed E-state index contributed by atoms with van der Waals surface area (Å²) in [5.41, 5.74) is 7.50. The second-order valence-electron chi connectivity index (χ2n) is 6.42. The first kappa shape index (κ1) is 14.1. The Morgan fingerprint density at radius 1 is 1.25 bits per heavy atom. The van der Waals surface area contributed by atoms with Crippen molar-refractivity contribution in [3.8, 4) is 0 Å². The van der Waals surface area contributed by atoms with Gasteiger partial charge in [-0.05, 0) is 38.3 Å². The maximum atomic E-state index is 6.10. The molecule has 2 saturated heterocycles. The Balaban J connectivity index is 1.68. The van der Waals surface area contributed by atoms with E-state index in [0.29, 0.717) is 12.1 Å². The molecule has 2 N–H and O–H groups in total. The van der Waals surface area contributed by atoms with E-state index >= 15 is 0 Å². The second kappa shape index (κ2) is 6.25. The molecule has 2 aliphatic rings. The quantitative estimate of drug-likeness (QED) is 0.907. The molecular weight excluding hydrogens is 246 g/mol. The summed E-state index contributed by atoms with van der Waals surface area (Å²) in [6.07, 6.45) is 3.82. The number of nitrogens with zero attached hydrogens (tertiary/aromatic N) is 2. The van der Waals surface area contributed by atoms with Gasteiger partial charge in [-0.2, -0.15) is 0 Å². The van der Waals surface area contributed by atoms with E-state index in [1.807, 2.05) is 0 Å². The van der Waals surface area contributed by atoms with Crippen LogP contribution >= 0.6 is 0 Å². The Morgan fingerprint density at radius 3 is 2.80 bits per heavy atom. The van der Waals surface area contributed by atoms with Crippen LogP contribution in [0, 0.1) is 0 Å². The van der Waals surface area contributed by atoms with E-state index in [2.05, 4.69) is 47.1 Å². The van der Waals surface area contributed by atoms with Gasteiger partial charge in [-0.15, -0.1) is 0 Å². The summed E-state index contributed by atoms with van der Waals surface area (Å²) >= 11 is 0. The molecule has 110 valence electrons. The van der Waals surface area contributed by atoms with Crippen LogP contribution in [0.5, 0.6) is 0 Å². The van der Waals surface area contributed by atoms with Gasteiger partial charge >= 0.3 is 0 Å². The van der Waals surface area contributed by atoms with Gasteiger partial charge in [-0.3, -0.25) is 9.80 Å². The van der Waals surface area contributed by atoms with Crippen LogP contribution in [0.3, 0.4) is 0 Å². The zero-order valence-corrected chi connectivity index (χ0v) is 12.5. The molecule has 0 aromatic heterocycles. The topological polar surface area (TPSA) is 32.5 Å². The van der Waals surface area contributed by atoms with Crippen molar-refractivity contribution >= 4 is 0 Å².